The Morgan fingerprint density at radius 3 is 2.76 bits per heavy atom. The van der Waals surface area contributed by atoms with Crippen molar-refractivity contribution in [2.45, 2.75) is 65.6 Å². The molecule has 0 spiro atoms. The lowest BCUT2D eigenvalue weighted by molar-refractivity contribution is -0.121. The summed E-state index contributed by atoms with van der Waals surface area (Å²) in [6, 6.07) is 10.2. The van der Waals surface area contributed by atoms with E-state index in [9.17, 15) is 9.59 Å². The fraction of sp³-hybridized carbons (Fsp3) is 0.385. The Morgan fingerprint density at radius 1 is 1.15 bits per heavy atom. The van der Waals surface area contributed by atoms with Crippen LogP contribution in [0.2, 0.25) is 0 Å². The van der Waals surface area contributed by atoms with E-state index in [4.69, 9.17) is 0 Å². The summed E-state index contributed by atoms with van der Waals surface area (Å²) in [5.74, 6) is -0.0889. The minimum Gasteiger partial charge on any atom is -0.352 e. The molecule has 0 bridgehead atoms. The van der Waals surface area contributed by atoms with Crippen LogP contribution < -0.4 is 10.9 Å². The van der Waals surface area contributed by atoms with Crippen LogP contribution in [0.3, 0.4) is 0 Å². The van der Waals surface area contributed by atoms with Crippen molar-refractivity contribution in [2.24, 2.45) is 0 Å². The van der Waals surface area contributed by atoms with Gasteiger partial charge in [-0.15, -0.1) is 11.3 Å². The van der Waals surface area contributed by atoms with Crippen molar-refractivity contribution in [1.29, 1.82) is 0 Å². The summed E-state index contributed by atoms with van der Waals surface area (Å²) in [5, 5.41) is 8.43. The van der Waals surface area contributed by atoms with E-state index in [0.717, 1.165) is 46.4 Å². The highest BCUT2D eigenvalue weighted by atomic mass is 32.1. The first-order valence-corrected chi connectivity index (χ1v) is 12.7. The first-order valence-electron chi connectivity index (χ1n) is 11.8. The van der Waals surface area contributed by atoms with Gasteiger partial charge in [-0.05, 0) is 50.7 Å². The van der Waals surface area contributed by atoms with Crippen molar-refractivity contribution >= 4 is 27.5 Å². The van der Waals surface area contributed by atoms with Crippen LogP contribution in [0.4, 0.5) is 0 Å². The molecule has 3 aromatic heterocycles. The molecular formula is C26H29N5O2S. The maximum Gasteiger partial charge on any atom is 0.262 e. The van der Waals surface area contributed by atoms with Crippen molar-refractivity contribution in [3.05, 3.63) is 80.0 Å². The number of nitrogens with zero attached hydrogens (tertiary/aromatic N) is 4. The molecule has 8 heteroatoms. The highest BCUT2D eigenvalue weighted by molar-refractivity contribution is 7.18. The minimum atomic E-state index is -0.0889. The van der Waals surface area contributed by atoms with E-state index in [1.165, 1.54) is 22.4 Å². The molecule has 7 nitrogen and oxygen atoms in total. The first kappa shape index (κ1) is 22.5. The Labute approximate surface area is 202 Å². The van der Waals surface area contributed by atoms with Crippen molar-refractivity contribution in [3.63, 3.8) is 0 Å². The number of aromatic nitrogens is 4. The van der Waals surface area contributed by atoms with Crippen LogP contribution in [-0.2, 0) is 37.3 Å². The van der Waals surface area contributed by atoms with E-state index in [-0.39, 0.29) is 17.9 Å². The summed E-state index contributed by atoms with van der Waals surface area (Å²) in [4.78, 5) is 32.3. The SMILES string of the molecule is Cc1nn(Cc2ccccc2)c(C)c1CNC(=O)CCn1cnc2sc3c(c2c1=O)CCCC3. The maximum atomic E-state index is 13.1. The molecule has 0 unspecified atom stereocenters. The zero-order chi connectivity index (χ0) is 23.7. The Bertz CT molecular complexity index is 1400. The average molecular weight is 476 g/mol. The summed E-state index contributed by atoms with van der Waals surface area (Å²) in [5.41, 5.74) is 5.35. The smallest absolute Gasteiger partial charge is 0.262 e. The van der Waals surface area contributed by atoms with Gasteiger partial charge in [0.15, 0.2) is 0 Å². The number of amides is 1. The second-order valence-corrected chi connectivity index (χ2v) is 10.0. The van der Waals surface area contributed by atoms with Crippen molar-refractivity contribution in [1.82, 2.24) is 24.6 Å². The quantitative estimate of drug-likeness (QED) is 0.439. The number of fused-ring (bicyclic) bond motifs is 3. The molecule has 176 valence electrons. The molecule has 0 fully saturated rings. The van der Waals surface area contributed by atoms with E-state index in [0.29, 0.717) is 19.6 Å². The Kier molecular flexibility index (Phi) is 6.32. The standard InChI is InChI=1S/C26H29N5O2S/c1-17-21(18(2)31(29-17)15-19-8-4-3-5-9-19)14-27-23(32)12-13-30-16-28-25-24(26(30)33)20-10-6-7-11-22(20)34-25/h3-5,8-9,16H,6-7,10-15H2,1-2H3,(H,27,32). The summed E-state index contributed by atoms with van der Waals surface area (Å²) in [6.45, 7) is 5.45. The molecule has 0 saturated carbocycles. The second-order valence-electron chi connectivity index (χ2n) is 8.95. The summed E-state index contributed by atoms with van der Waals surface area (Å²) < 4.78 is 3.56. The van der Waals surface area contributed by atoms with Crippen molar-refractivity contribution in [3.8, 4) is 0 Å². The zero-order valence-corrected chi connectivity index (χ0v) is 20.5. The zero-order valence-electron chi connectivity index (χ0n) is 19.6. The Balaban J connectivity index is 1.22. The number of carbonyl (C=O) groups excluding carboxylic acids is 1. The van der Waals surface area contributed by atoms with Crippen LogP contribution in [0.1, 0.15) is 52.2 Å². The van der Waals surface area contributed by atoms with Gasteiger partial charge in [0.1, 0.15) is 4.83 Å². The molecule has 1 aliphatic rings. The van der Waals surface area contributed by atoms with Crippen LogP contribution in [-0.4, -0.2) is 25.2 Å². The predicted molar refractivity (Wildman–Crippen MR) is 134 cm³/mol. The van der Waals surface area contributed by atoms with Crippen LogP contribution in [0.5, 0.6) is 0 Å². The molecule has 3 heterocycles. The number of hydrogen-bond acceptors (Lipinski definition) is 5. The molecule has 34 heavy (non-hydrogen) atoms. The van der Waals surface area contributed by atoms with Crippen LogP contribution >= 0.6 is 11.3 Å². The Hall–Kier alpha value is -3.26. The fourth-order valence-electron chi connectivity index (χ4n) is 4.74. The minimum absolute atomic E-state index is 0.0222. The van der Waals surface area contributed by atoms with Crippen LogP contribution in [0.15, 0.2) is 41.5 Å². The molecule has 4 aromatic rings. The number of benzene rings is 1. The third kappa shape index (κ3) is 4.42. The molecule has 0 saturated heterocycles. The number of aryl methyl sites for hydroxylation is 4. The van der Waals surface area contributed by atoms with Gasteiger partial charge < -0.3 is 5.32 Å². The van der Waals surface area contributed by atoms with E-state index in [1.807, 2.05) is 36.7 Å². The predicted octanol–water partition coefficient (Wildman–Crippen LogP) is 3.90. The lowest BCUT2D eigenvalue weighted by Crippen LogP contribution is -2.27. The number of nitrogens with one attached hydrogen (secondary N) is 1. The molecule has 1 aromatic carbocycles. The largest absolute Gasteiger partial charge is 0.352 e. The van der Waals surface area contributed by atoms with Gasteiger partial charge in [0.2, 0.25) is 5.91 Å². The second kappa shape index (κ2) is 9.54. The van der Waals surface area contributed by atoms with Gasteiger partial charge in [0.25, 0.3) is 5.56 Å². The van der Waals surface area contributed by atoms with Gasteiger partial charge in [-0.2, -0.15) is 5.10 Å². The summed E-state index contributed by atoms with van der Waals surface area (Å²) >= 11 is 1.65. The summed E-state index contributed by atoms with van der Waals surface area (Å²) in [6.07, 6.45) is 6.11. The van der Waals surface area contributed by atoms with Crippen LogP contribution in [0, 0.1) is 13.8 Å². The third-order valence-corrected chi connectivity index (χ3v) is 7.89. The summed E-state index contributed by atoms with van der Waals surface area (Å²) in [7, 11) is 0. The van der Waals surface area contributed by atoms with E-state index in [2.05, 4.69) is 27.5 Å². The fourth-order valence-corrected chi connectivity index (χ4v) is 5.96. The van der Waals surface area contributed by atoms with Crippen LogP contribution in [0.25, 0.3) is 10.2 Å². The average Bonchev–Trinajstić information content (AvgIpc) is 3.35. The maximum absolute atomic E-state index is 13.1. The normalized spacial score (nSPS) is 13.2. The van der Waals surface area contributed by atoms with E-state index < -0.39 is 0 Å². The van der Waals surface area contributed by atoms with Gasteiger partial charge in [-0.1, -0.05) is 30.3 Å². The molecule has 5 rings (SSSR count). The first-order chi connectivity index (χ1) is 16.5. The number of rotatable bonds is 7. The molecule has 0 atom stereocenters. The molecule has 1 aliphatic carbocycles. The van der Waals surface area contributed by atoms with Gasteiger partial charge in [-0.25, -0.2) is 4.98 Å². The Morgan fingerprint density at radius 2 is 1.94 bits per heavy atom. The lowest BCUT2D eigenvalue weighted by Gasteiger charge is -2.11. The molecule has 1 N–H and O–H groups in total. The van der Waals surface area contributed by atoms with Crippen molar-refractivity contribution < 1.29 is 4.79 Å². The lowest BCUT2D eigenvalue weighted by atomic mass is 9.97. The van der Waals surface area contributed by atoms with Gasteiger partial charge in [0.05, 0.1) is 24.0 Å². The number of thiophene rings is 1. The van der Waals surface area contributed by atoms with Gasteiger partial charge in [-0.3, -0.25) is 18.8 Å². The molecule has 0 aliphatic heterocycles. The topological polar surface area (TPSA) is 81.8 Å². The molecule has 0 radical (unpaired) electrons. The van der Waals surface area contributed by atoms with E-state index in [1.54, 1.807) is 22.2 Å². The third-order valence-electron chi connectivity index (χ3n) is 6.69. The van der Waals surface area contributed by atoms with E-state index >= 15 is 0 Å². The van der Waals surface area contributed by atoms with Crippen molar-refractivity contribution in [2.75, 3.05) is 0 Å². The molecule has 1 amide bonds. The van der Waals surface area contributed by atoms with Gasteiger partial charge in [0, 0.05) is 35.6 Å². The highest BCUT2D eigenvalue weighted by Gasteiger charge is 2.20. The number of hydrogen-bond donors (Lipinski definition) is 1. The van der Waals surface area contributed by atoms with Gasteiger partial charge >= 0.3 is 0 Å². The monoisotopic (exact) mass is 475 g/mol. The molecular weight excluding hydrogens is 446 g/mol. The highest BCUT2D eigenvalue weighted by Crippen LogP contribution is 2.33. The number of carbonyl (C=O) groups is 1.